The van der Waals surface area contributed by atoms with Gasteiger partial charge in [0.2, 0.25) is 17.6 Å². The molecule has 0 saturated carbocycles. The maximum atomic E-state index is 12.6. The first-order chi connectivity index (χ1) is 16.5. The molecule has 0 bridgehead atoms. The van der Waals surface area contributed by atoms with E-state index >= 15 is 0 Å². The van der Waals surface area contributed by atoms with Gasteiger partial charge in [-0.2, -0.15) is 4.98 Å². The van der Waals surface area contributed by atoms with E-state index in [1.807, 2.05) is 30.3 Å². The molecular formula is C27H34N4O3. The lowest BCUT2D eigenvalue weighted by molar-refractivity contribution is -0.121. The number of para-hydroxylation sites is 1. The third-order valence-corrected chi connectivity index (χ3v) is 6.44. The van der Waals surface area contributed by atoms with Crippen LogP contribution in [0.1, 0.15) is 62.1 Å². The van der Waals surface area contributed by atoms with Gasteiger partial charge in [0.1, 0.15) is 5.75 Å². The van der Waals surface area contributed by atoms with Crippen LogP contribution in [0.25, 0.3) is 11.4 Å². The van der Waals surface area contributed by atoms with E-state index < -0.39 is 0 Å². The summed E-state index contributed by atoms with van der Waals surface area (Å²) in [5.74, 6) is 2.32. The van der Waals surface area contributed by atoms with Crippen molar-refractivity contribution in [2.75, 3.05) is 26.7 Å². The second-order valence-electron chi connectivity index (χ2n) is 9.09. The Morgan fingerprint density at radius 1 is 1.12 bits per heavy atom. The molecule has 1 aromatic heterocycles. The molecule has 0 radical (unpaired) electrons. The number of nitrogens with one attached hydrogen (secondary N) is 1. The normalized spacial score (nSPS) is 14.9. The molecule has 1 aliphatic rings. The highest BCUT2D eigenvalue weighted by Gasteiger charge is 2.26. The zero-order valence-corrected chi connectivity index (χ0v) is 20.3. The Morgan fingerprint density at radius 3 is 2.56 bits per heavy atom. The van der Waals surface area contributed by atoms with Crippen LogP contribution in [0.4, 0.5) is 0 Å². The number of ether oxygens (including phenoxy) is 1. The van der Waals surface area contributed by atoms with Gasteiger partial charge in [0, 0.05) is 30.5 Å². The first-order valence-corrected chi connectivity index (χ1v) is 12.1. The fourth-order valence-corrected chi connectivity index (χ4v) is 4.44. The molecule has 3 aromatic rings. The van der Waals surface area contributed by atoms with Gasteiger partial charge in [0.15, 0.2) is 0 Å². The summed E-state index contributed by atoms with van der Waals surface area (Å²) in [7, 11) is 1.69. The van der Waals surface area contributed by atoms with Gasteiger partial charge in [-0.1, -0.05) is 61.5 Å². The van der Waals surface area contributed by atoms with Gasteiger partial charge < -0.3 is 14.6 Å². The molecule has 1 atom stereocenters. The maximum Gasteiger partial charge on any atom is 0.227 e. The van der Waals surface area contributed by atoms with E-state index in [4.69, 9.17) is 9.26 Å². The molecule has 0 spiro atoms. The maximum absolute atomic E-state index is 12.6. The van der Waals surface area contributed by atoms with E-state index in [0.29, 0.717) is 37.0 Å². The quantitative estimate of drug-likeness (QED) is 0.468. The predicted molar refractivity (Wildman–Crippen MR) is 132 cm³/mol. The van der Waals surface area contributed by atoms with Crippen LogP contribution in [-0.4, -0.2) is 47.7 Å². The Kier molecular flexibility index (Phi) is 7.95. The summed E-state index contributed by atoms with van der Waals surface area (Å²) in [6.07, 6.45) is 3.07. The summed E-state index contributed by atoms with van der Waals surface area (Å²) < 4.78 is 11.0. The first-order valence-electron chi connectivity index (χ1n) is 12.1. The Morgan fingerprint density at radius 2 is 1.85 bits per heavy atom. The Balaban J connectivity index is 1.33. The van der Waals surface area contributed by atoms with Crippen molar-refractivity contribution in [1.82, 2.24) is 20.4 Å². The second-order valence-corrected chi connectivity index (χ2v) is 9.09. The summed E-state index contributed by atoms with van der Waals surface area (Å²) in [4.78, 5) is 19.5. The van der Waals surface area contributed by atoms with E-state index in [-0.39, 0.29) is 11.9 Å². The molecule has 34 heavy (non-hydrogen) atoms. The highest BCUT2D eigenvalue weighted by atomic mass is 16.5. The van der Waals surface area contributed by atoms with Gasteiger partial charge in [-0.15, -0.1) is 0 Å². The zero-order chi connectivity index (χ0) is 23.9. The number of benzene rings is 2. The van der Waals surface area contributed by atoms with Crippen molar-refractivity contribution < 1.29 is 14.1 Å². The largest absolute Gasteiger partial charge is 0.496 e. The Bertz CT molecular complexity index is 1070. The molecule has 1 aliphatic heterocycles. The van der Waals surface area contributed by atoms with Crippen LogP contribution in [0.2, 0.25) is 0 Å². The SMILES string of the molecule is COc1ccccc1C(CNC(=O)CCc1nc(-c2ccc(C(C)C)cc2)no1)N1CCCC1. The average Bonchev–Trinajstić information content (AvgIpc) is 3.56. The number of carbonyl (C=O) groups excluding carboxylic acids is 1. The molecule has 2 aromatic carbocycles. The molecule has 7 heteroatoms. The molecule has 1 saturated heterocycles. The molecule has 7 nitrogen and oxygen atoms in total. The van der Waals surface area contributed by atoms with Crippen LogP contribution < -0.4 is 10.1 Å². The number of methoxy groups -OCH3 is 1. The molecular weight excluding hydrogens is 428 g/mol. The van der Waals surface area contributed by atoms with Crippen LogP contribution in [-0.2, 0) is 11.2 Å². The minimum atomic E-state index is -0.0277. The number of amides is 1. The van der Waals surface area contributed by atoms with Crippen molar-refractivity contribution >= 4 is 5.91 Å². The molecule has 4 rings (SSSR count). The van der Waals surface area contributed by atoms with Crippen LogP contribution in [0.15, 0.2) is 53.1 Å². The number of aromatic nitrogens is 2. The lowest BCUT2D eigenvalue weighted by Gasteiger charge is -2.29. The summed E-state index contributed by atoms with van der Waals surface area (Å²) in [5.41, 5.74) is 3.29. The topological polar surface area (TPSA) is 80.5 Å². The van der Waals surface area contributed by atoms with E-state index in [1.54, 1.807) is 7.11 Å². The average molecular weight is 463 g/mol. The van der Waals surface area contributed by atoms with Crippen LogP contribution in [0.3, 0.4) is 0 Å². The van der Waals surface area contributed by atoms with Crippen molar-refractivity contribution in [3.63, 3.8) is 0 Å². The third kappa shape index (κ3) is 5.83. The van der Waals surface area contributed by atoms with Gasteiger partial charge in [0.05, 0.1) is 13.2 Å². The minimum absolute atomic E-state index is 0.0277. The highest BCUT2D eigenvalue weighted by Crippen LogP contribution is 2.31. The van der Waals surface area contributed by atoms with E-state index in [1.165, 1.54) is 18.4 Å². The molecule has 2 heterocycles. The van der Waals surface area contributed by atoms with Crippen molar-refractivity contribution in [3.8, 4) is 17.1 Å². The molecule has 180 valence electrons. The summed E-state index contributed by atoms with van der Waals surface area (Å²) in [6.45, 7) is 6.92. The molecule has 1 fully saturated rings. The summed E-state index contributed by atoms with van der Waals surface area (Å²) >= 11 is 0. The zero-order valence-electron chi connectivity index (χ0n) is 20.3. The van der Waals surface area contributed by atoms with Crippen molar-refractivity contribution in [2.45, 2.75) is 51.5 Å². The van der Waals surface area contributed by atoms with Gasteiger partial charge >= 0.3 is 0 Å². The van der Waals surface area contributed by atoms with E-state index in [9.17, 15) is 4.79 Å². The highest BCUT2D eigenvalue weighted by molar-refractivity contribution is 5.76. The number of rotatable bonds is 10. The van der Waals surface area contributed by atoms with Crippen LogP contribution in [0.5, 0.6) is 5.75 Å². The van der Waals surface area contributed by atoms with E-state index in [2.05, 4.69) is 52.4 Å². The standard InChI is InChI=1S/C27H34N4O3/c1-19(2)20-10-12-21(13-11-20)27-29-26(34-30-27)15-14-25(32)28-18-23(31-16-6-7-17-31)22-8-4-5-9-24(22)33-3/h4-5,8-13,19,23H,6-7,14-18H2,1-3H3,(H,28,32). The number of aryl methyl sites for hydroxylation is 1. The third-order valence-electron chi connectivity index (χ3n) is 6.44. The smallest absolute Gasteiger partial charge is 0.227 e. The van der Waals surface area contributed by atoms with Crippen LogP contribution >= 0.6 is 0 Å². The molecule has 0 aliphatic carbocycles. The number of hydrogen-bond acceptors (Lipinski definition) is 6. The van der Waals surface area contributed by atoms with Gasteiger partial charge in [-0.3, -0.25) is 9.69 Å². The predicted octanol–water partition coefficient (Wildman–Crippen LogP) is 4.75. The van der Waals surface area contributed by atoms with Gasteiger partial charge in [-0.05, 0) is 43.5 Å². The summed E-state index contributed by atoms with van der Waals surface area (Å²) in [6, 6.07) is 16.3. The van der Waals surface area contributed by atoms with Crippen molar-refractivity contribution in [2.24, 2.45) is 0 Å². The molecule has 1 N–H and O–H groups in total. The lowest BCUT2D eigenvalue weighted by atomic mass is 10.0. The van der Waals surface area contributed by atoms with Gasteiger partial charge in [-0.25, -0.2) is 0 Å². The summed E-state index contributed by atoms with van der Waals surface area (Å²) in [5, 5.41) is 7.19. The van der Waals surface area contributed by atoms with Crippen molar-refractivity contribution in [1.29, 1.82) is 0 Å². The Hall–Kier alpha value is -3.19. The van der Waals surface area contributed by atoms with Gasteiger partial charge in [0.25, 0.3) is 0 Å². The van der Waals surface area contributed by atoms with E-state index in [0.717, 1.165) is 30.0 Å². The fraction of sp³-hybridized carbons (Fsp3) is 0.444. The lowest BCUT2D eigenvalue weighted by Crippen LogP contribution is -2.37. The van der Waals surface area contributed by atoms with Crippen molar-refractivity contribution in [3.05, 3.63) is 65.5 Å². The minimum Gasteiger partial charge on any atom is -0.496 e. The number of likely N-dealkylation sites (tertiary alicyclic amines) is 1. The fourth-order valence-electron chi connectivity index (χ4n) is 4.44. The first kappa shape index (κ1) is 24.0. The monoisotopic (exact) mass is 462 g/mol. The number of carbonyl (C=O) groups is 1. The Labute approximate surface area is 201 Å². The molecule has 1 amide bonds. The second kappa shape index (κ2) is 11.3. The van der Waals surface area contributed by atoms with Crippen LogP contribution in [0, 0.1) is 0 Å². The number of hydrogen-bond donors (Lipinski definition) is 1. The number of nitrogens with zero attached hydrogens (tertiary/aromatic N) is 3. The molecule has 1 unspecified atom stereocenters.